The van der Waals surface area contributed by atoms with E-state index in [2.05, 4.69) is 10.3 Å². The molecule has 10 heteroatoms. The molecule has 144 valence electrons. The third-order valence-electron chi connectivity index (χ3n) is 4.49. The number of benzene rings is 1. The van der Waals surface area contributed by atoms with Gasteiger partial charge in [-0.05, 0) is 13.0 Å². The number of nitro groups is 1. The number of ether oxygens (including phenoxy) is 1. The van der Waals surface area contributed by atoms with Gasteiger partial charge in [0.1, 0.15) is 18.1 Å². The predicted molar refractivity (Wildman–Crippen MR) is 95.3 cm³/mol. The van der Waals surface area contributed by atoms with E-state index < -0.39 is 35.1 Å². The molecule has 1 aromatic heterocycles. The SMILES string of the molecule is CC(Nc1ccn([C@H]2C[C@@H](O)[C@@H](CO)O2)c(=O)n1)c1ccccc1[N+](=O)[O-]. The molecule has 3 rings (SSSR count). The molecular weight excluding hydrogens is 356 g/mol. The Morgan fingerprint density at radius 3 is 2.81 bits per heavy atom. The Morgan fingerprint density at radius 1 is 1.44 bits per heavy atom. The number of nitro benzene ring substituents is 1. The van der Waals surface area contributed by atoms with Gasteiger partial charge < -0.3 is 20.3 Å². The molecule has 2 aromatic rings. The minimum Gasteiger partial charge on any atom is -0.394 e. The molecule has 1 aliphatic heterocycles. The number of nitrogens with zero attached hydrogens (tertiary/aromatic N) is 3. The molecule has 0 bridgehead atoms. The predicted octanol–water partition coefficient (Wildman–Crippen LogP) is 0.965. The highest BCUT2D eigenvalue weighted by atomic mass is 16.6. The summed E-state index contributed by atoms with van der Waals surface area (Å²) in [5.74, 6) is 0.263. The first kappa shape index (κ1) is 19.0. The third kappa shape index (κ3) is 3.97. The molecule has 0 spiro atoms. The van der Waals surface area contributed by atoms with E-state index in [1.54, 1.807) is 31.2 Å². The lowest BCUT2D eigenvalue weighted by Gasteiger charge is -2.17. The second-order valence-electron chi connectivity index (χ2n) is 6.30. The van der Waals surface area contributed by atoms with Crippen LogP contribution >= 0.6 is 0 Å². The lowest BCUT2D eigenvalue weighted by molar-refractivity contribution is -0.385. The van der Waals surface area contributed by atoms with Gasteiger partial charge in [-0.3, -0.25) is 14.7 Å². The van der Waals surface area contributed by atoms with Gasteiger partial charge in [-0.25, -0.2) is 4.79 Å². The molecule has 27 heavy (non-hydrogen) atoms. The summed E-state index contributed by atoms with van der Waals surface area (Å²) in [4.78, 5) is 26.9. The monoisotopic (exact) mass is 376 g/mol. The Labute approximate surface area is 154 Å². The van der Waals surface area contributed by atoms with Crippen molar-refractivity contribution in [2.75, 3.05) is 11.9 Å². The molecule has 0 radical (unpaired) electrons. The number of aliphatic hydroxyl groups is 2. The van der Waals surface area contributed by atoms with Crippen molar-refractivity contribution in [3.8, 4) is 0 Å². The van der Waals surface area contributed by atoms with Crippen molar-refractivity contribution in [2.45, 2.75) is 37.8 Å². The van der Waals surface area contributed by atoms with E-state index in [9.17, 15) is 20.0 Å². The molecule has 1 saturated heterocycles. The van der Waals surface area contributed by atoms with Crippen molar-refractivity contribution in [3.63, 3.8) is 0 Å². The zero-order valence-electron chi connectivity index (χ0n) is 14.6. The maximum atomic E-state index is 12.3. The molecule has 1 aromatic carbocycles. The van der Waals surface area contributed by atoms with E-state index in [4.69, 9.17) is 9.84 Å². The molecule has 1 unspecified atom stereocenters. The Morgan fingerprint density at radius 2 is 2.19 bits per heavy atom. The molecule has 1 aliphatic rings. The summed E-state index contributed by atoms with van der Waals surface area (Å²) < 4.78 is 6.69. The Balaban J connectivity index is 1.77. The summed E-state index contributed by atoms with van der Waals surface area (Å²) in [6.07, 6.45) is -0.659. The average Bonchev–Trinajstić information content (AvgIpc) is 3.02. The summed E-state index contributed by atoms with van der Waals surface area (Å²) in [5, 5.41) is 33.1. The van der Waals surface area contributed by atoms with Gasteiger partial charge in [0.25, 0.3) is 5.69 Å². The molecule has 0 amide bonds. The number of aliphatic hydroxyl groups excluding tert-OH is 2. The number of hydrogen-bond acceptors (Lipinski definition) is 8. The lowest BCUT2D eigenvalue weighted by Crippen LogP contribution is -2.28. The van der Waals surface area contributed by atoms with Crippen LogP contribution in [0.3, 0.4) is 0 Å². The van der Waals surface area contributed by atoms with Crippen LogP contribution in [0.1, 0.15) is 31.2 Å². The average molecular weight is 376 g/mol. The molecule has 2 heterocycles. The van der Waals surface area contributed by atoms with Crippen LogP contribution in [-0.2, 0) is 4.74 Å². The summed E-state index contributed by atoms with van der Waals surface area (Å²) in [6.45, 7) is 1.39. The van der Waals surface area contributed by atoms with Gasteiger partial charge in [-0.2, -0.15) is 4.98 Å². The third-order valence-corrected chi connectivity index (χ3v) is 4.49. The first-order valence-corrected chi connectivity index (χ1v) is 8.44. The van der Waals surface area contributed by atoms with Crippen LogP contribution in [0.25, 0.3) is 0 Å². The van der Waals surface area contributed by atoms with Crippen molar-refractivity contribution in [1.29, 1.82) is 0 Å². The highest BCUT2D eigenvalue weighted by Crippen LogP contribution is 2.28. The van der Waals surface area contributed by atoms with Crippen LogP contribution in [0.2, 0.25) is 0 Å². The van der Waals surface area contributed by atoms with E-state index in [1.165, 1.54) is 16.8 Å². The van der Waals surface area contributed by atoms with Crippen molar-refractivity contribution in [2.24, 2.45) is 0 Å². The number of aromatic nitrogens is 2. The van der Waals surface area contributed by atoms with E-state index in [1.807, 2.05) is 0 Å². The summed E-state index contributed by atoms with van der Waals surface area (Å²) in [5.41, 5.74) is -0.138. The first-order chi connectivity index (χ1) is 12.9. The van der Waals surface area contributed by atoms with Gasteiger partial charge in [-0.1, -0.05) is 18.2 Å². The zero-order valence-corrected chi connectivity index (χ0v) is 14.6. The van der Waals surface area contributed by atoms with Gasteiger partial charge in [0, 0.05) is 18.7 Å². The van der Waals surface area contributed by atoms with Crippen LogP contribution in [0.15, 0.2) is 41.3 Å². The molecular formula is C17H20N4O6. The molecule has 1 fully saturated rings. The number of para-hydroxylation sites is 1. The minimum atomic E-state index is -0.858. The Kier molecular flexibility index (Phi) is 5.49. The zero-order chi connectivity index (χ0) is 19.6. The standard InChI is InChI=1S/C17H20N4O6/c1-10(11-4-2-3-5-12(11)21(25)26)18-15-6-7-20(17(24)19-15)16-8-13(23)14(9-22)27-16/h2-7,10,13-14,16,22-23H,8-9H2,1H3,(H,18,19,24)/t10?,13-,14-,16-/m1/s1. The van der Waals surface area contributed by atoms with E-state index in [0.29, 0.717) is 5.56 Å². The maximum absolute atomic E-state index is 12.3. The Hall–Kier alpha value is -2.82. The topological polar surface area (TPSA) is 140 Å². The van der Waals surface area contributed by atoms with Crippen molar-refractivity contribution in [1.82, 2.24) is 9.55 Å². The van der Waals surface area contributed by atoms with E-state index in [0.717, 1.165) is 0 Å². The maximum Gasteiger partial charge on any atom is 0.351 e. The van der Waals surface area contributed by atoms with Gasteiger partial charge in [-0.15, -0.1) is 0 Å². The molecule has 4 atom stereocenters. The fourth-order valence-electron chi connectivity index (χ4n) is 3.08. The number of hydrogen-bond donors (Lipinski definition) is 3. The van der Waals surface area contributed by atoms with Gasteiger partial charge >= 0.3 is 5.69 Å². The smallest absolute Gasteiger partial charge is 0.351 e. The first-order valence-electron chi connectivity index (χ1n) is 8.44. The second-order valence-corrected chi connectivity index (χ2v) is 6.30. The van der Waals surface area contributed by atoms with E-state index >= 15 is 0 Å². The number of anilines is 1. The van der Waals surface area contributed by atoms with Crippen molar-refractivity contribution < 1.29 is 19.9 Å². The van der Waals surface area contributed by atoms with Crippen LogP contribution in [0.4, 0.5) is 11.5 Å². The largest absolute Gasteiger partial charge is 0.394 e. The van der Waals surface area contributed by atoms with Crippen LogP contribution in [0.5, 0.6) is 0 Å². The van der Waals surface area contributed by atoms with Gasteiger partial charge in [0.2, 0.25) is 0 Å². The fourth-order valence-corrected chi connectivity index (χ4v) is 3.08. The highest BCUT2D eigenvalue weighted by Gasteiger charge is 2.35. The van der Waals surface area contributed by atoms with Crippen molar-refractivity contribution in [3.05, 3.63) is 62.7 Å². The summed E-state index contributed by atoms with van der Waals surface area (Å²) in [7, 11) is 0. The van der Waals surface area contributed by atoms with Crippen LogP contribution in [-0.4, -0.2) is 43.5 Å². The quantitative estimate of drug-likeness (QED) is 0.500. The number of rotatable bonds is 6. The van der Waals surface area contributed by atoms with Crippen LogP contribution < -0.4 is 11.0 Å². The van der Waals surface area contributed by atoms with Crippen LogP contribution in [0, 0.1) is 10.1 Å². The van der Waals surface area contributed by atoms with E-state index in [-0.39, 0.29) is 24.5 Å². The molecule has 0 aliphatic carbocycles. The fraction of sp³-hybridized carbons (Fsp3) is 0.412. The van der Waals surface area contributed by atoms with Gasteiger partial charge in [0.05, 0.1) is 29.2 Å². The number of nitrogens with one attached hydrogen (secondary N) is 1. The minimum absolute atomic E-state index is 0.0192. The molecule has 3 N–H and O–H groups in total. The lowest BCUT2D eigenvalue weighted by atomic mass is 10.1. The normalized spacial score (nSPS) is 23.1. The summed E-state index contributed by atoms with van der Waals surface area (Å²) in [6, 6.07) is 7.45. The van der Waals surface area contributed by atoms with Gasteiger partial charge in [0.15, 0.2) is 0 Å². The Bertz CT molecular complexity index is 886. The summed E-state index contributed by atoms with van der Waals surface area (Å²) >= 11 is 0. The highest BCUT2D eigenvalue weighted by molar-refractivity contribution is 5.46. The molecule has 10 nitrogen and oxygen atoms in total. The molecule has 0 saturated carbocycles. The van der Waals surface area contributed by atoms with Crippen molar-refractivity contribution >= 4 is 11.5 Å². The second kappa shape index (κ2) is 7.82.